The summed E-state index contributed by atoms with van der Waals surface area (Å²) in [6.07, 6.45) is 0.293. The van der Waals surface area contributed by atoms with Gasteiger partial charge >= 0.3 is 6.09 Å². The van der Waals surface area contributed by atoms with E-state index in [0.717, 1.165) is 27.7 Å². The molecular weight excluding hydrogens is 484 g/mol. The molecule has 3 aromatic rings. The summed E-state index contributed by atoms with van der Waals surface area (Å²) < 4.78 is 11.2. The van der Waals surface area contributed by atoms with E-state index in [4.69, 9.17) is 26.2 Å². The number of ether oxygens (including phenoxy) is 2. The number of carbonyl (C=O) groups is 1. The average Bonchev–Trinajstić information content (AvgIpc) is 3.22. The Morgan fingerprint density at radius 3 is 2.78 bits per heavy atom. The molecule has 10 heteroatoms. The fourth-order valence-corrected chi connectivity index (χ4v) is 4.69. The second-order valence-electron chi connectivity index (χ2n) is 8.54. The highest BCUT2D eigenvalue weighted by molar-refractivity contribution is 6.31. The molecule has 1 aliphatic heterocycles. The maximum atomic E-state index is 12.8. The van der Waals surface area contributed by atoms with E-state index < -0.39 is 6.10 Å². The molecule has 0 radical (unpaired) electrons. The first kappa shape index (κ1) is 27.8. The number of nitrogens with one attached hydrogen (secondary N) is 2. The van der Waals surface area contributed by atoms with Crippen LogP contribution in [0, 0.1) is 0 Å². The quantitative estimate of drug-likeness (QED) is 0.257. The second-order valence-corrected chi connectivity index (χ2v) is 8.98. The Morgan fingerprint density at radius 1 is 1.28 bits per heavy atom. The number of aliphatic hydroxyl groups is 2. The smallest absolute Gasteiger partial charge is 0.410 e. The number of H-pyrrole nitrogens is 1. The number of amides is 1. The molecule has 2 heterocycles. The first-order valence-corrected chi connectivity index (χ1v) is 12.4. The van der Waals surface area contributed by atoms with Gasteiger partial charge in [-0.3, -0.25) is 4.90 Å². The first-order valence-electron chi connectivity index (χ1n) is 12.0. The summed E-state index contributed by atoms with van der Waals surface area (Å²) >= 11 is 6.26. The minimum Gasteiger partial charge on any atom is -0.493 e. The summed E-state index contributed by atoms with van der Waals surface area (Å²) in [6.45, 7) is 3.92. The van der Waals surface area contributed by atoms with Crippen molar-refractivity contribution in [2.24, 2.45) is 0 Å². The molecule has 1 amide bonds. The van der Waals surface area contributed by atoms with Crippen LogP contribution in [-0.4, -0.2) is 71.7 Å². The van der Waals surface area contributed by atoms with Crippen LogP contribution in [0.3, 0.4) is 0 Å². The van der Waals surface area contributed by atoms with Crippen LogP contribution in [0.2, 0.25) is 5.02 Å². The van der Waals surface area contributed by atoms with E-state index in [9.17, 15) is 9.90 Å². The number of hydrogen-bond donors (Lipinski definition) is 5. The van der Waals surface area contributed by atoms with Crippen LogP contribution in [-0.2, 0) is 11.2 Å². The van der Waals surface area contributed by atoms with Crippen molar-refractivity contribution in [1.29, 1.82) is 0 Å². The monoisotopic (exact) mass is 518 g/mol. The van der Waals surface area contributed by atoms with Gasteiger partial charge in [0.15, 0.2) is 0 Å². The zero-order valence-corrected chi connectivity index (χ0v) is 21.3. The van der Waals surface area contributed by atoms with E-state index >= 15 is 0 Å². The Balaban J connectivity index is 0.00000361. The number of aromatic nitrogens is 1. The van der Waals surface area contributed by atoms with Gasteiger partial charge in [-0.1, -0.05) is 23.7 Å². The normalized spacial score (nSPS) is 15.8. The third kappa shape index (κ3) is 6.29. The number of aliphatic hydroxyl groups excluding tert-OH is 2. The van der Waals surface area contributed by atoms with Gasteiger partial charge in [0.05, 0.1) is 25.9 Å². The molecule has 2 atom stereocenters. The van der Waals surface area contributed by atoms with Gasteiger partial charge in [-0.15, -0.1) is 0 Å². The molecule has 0 bridgehead atoms. The van der Waals surface area contributed by atoms with E-state index in [2.05, 4.69) is 10.3 Å². The van der Waals surface area contributed by atoms with Crippen molar-refractivity contribution in [3.63, 3.8) is 0 Å². The molecule has 4 rings (SSSR count). The Labute approximate surface area is 215 Å². The number of hydrogen-bond acceptors (Lipinski definition) is 7. The molecule has 1 aromatic heterocycles. The summed E-state index contributed by atoms with van der Waals surface area (Å²) in [5.74, 6) is 0.686. The highest BCUT2D eigenvalue weighted by Gasteiger charge is 2.35. The molecule has 0 aliphatic carbocycles. The van der Waals surface area contributed by atoms with Crippen LogP contribution < -0.4 is 16.2 Å². The lowest BCUT2D eigenvalue weighted by molar-refractivity contribution is 0.0932. The van der Waals surface area contributed by atoms with Crippen molar-refractivity contribution in [3.8, 4) is 5.75 Å². The number of benzene rings is 2. The highest BCUT2D eigenvalue weighted by atomic mass is 35.5. The van der Waals surface area contributed by atoms with E-state index in [1.807, 2.05) is 42.5 Å². The van der Waals surface area contributed by atoms with Crippen molar-refractivity contribution in [2.75, 3.05) is 39.5 Å². The highest BCUT2D eigenvalue weighted by Crippen LogP contribution is 2.39. The van der Waals surface area contributed by atoms with E-state index in [1.165, 1.54) is 0 Å². The van der Waals surface area contributed by atoms with Crippen molar-refractivity contribution in [2.45, 2.75) is 31.9 Å². The van der Waals surface area contributed by atoms with Gasteiger partial charge in [0.25, 0.3) is 0 Å². The van der Waals surface area contributed by atoms with Gasteiger partial charge in [-0.05, 0) is 54.8 Å². The van der Waals surface area contributed by atoms with Crippen LogP contribution in [0.4, 0.5) is 4.79 Å². The third-order valence-electron chi connectivity index (χ3n) is 6.18. The number of carbonyl (C=O) groups excluding carboxylic acids is 1. The Kier molecular flexibility index (Phi) is 9.98. The first-order chi connectivity index (χ1) is 17.0. The molecule has 0 spiro atoms. The lowest BCUT2D eigenvalue weighted by Crippen LogP contribution is -2.40. The summed E-state index contributed by atoms with van der Waals surface area (Å²) in [5, 5.41) is 23.5. The molecule has 1 aliphatic rings. The Morgan fingerprint density at radius 2 is 2.06 bits per heavy atom. The van der Waals surface area contributed by atoms with E-state index in [-0.39, 0.29) is 24.9 Å². The molecule has 0 saturated carbocycles. The Hall–Kier alpha value is -2.82. The zero-order valence-electron chi connectivity index (χ0n) is 20.5. The van der Waals surface area contributed by atoms with Crippen molar-refractivity contribution >= 4 is 28.6 Å². The molecule has 0 fully saturated rings. The van der Waals surface area contributed by atoms with Gasteiger partial charge in [-0.25, -0.2) is 4.79 Å². The maximum Gasteiger partial charge on any atom is 0.410 e. The number of rotatable bonds is 10. The molecule has 9 nitrogen and oxygen atoms in total. The third-order valence-corrected chi connectivity index (χ3v) is 6.41. The molecule has 2 aromatic carbocycles. The largest absolute Gasteiger partial charge is 0.493 e. The van der Waals surface area contributed by atoms with Gasteiger partial charge in [0.1, 0.15) is 11.8 Å². The predicted molar refractivity (Wildman–Crippen MR) is 140 cm³/mol. The van der Waals surface area contributed by atoms with Crippen molar-refractivity contribution in [1.82, 2.24) is 21.4 Å². The summed E-state index contributed by atoms with van der Waals surface area (Å²) in [7, 11) is 0. The number of fused-ring (bicyclic) bond motifs is 3. The van der Waals surface area contributed by atoms with Gasteiger partial charge in [0, 0.05) is 47.7 Å². The molecule has 0 saturated heterocycles. The van der Waals surface area contributed by atoms with E-state index in [0.29, 0.717) is 56.5 Å². The number of halogens is 1. The number of nitrogens with zero attached hydrogens (tertiary/aromatic N) is 1. The van der Waals surface area contributed by atoms with Crippen molar-refractivity contribution < 1.29 is 24.5 Å². The van der Waals surface area contributed by atoms with Gasteiger partial charge < -0.3 is 36.1 Å². The SMILES string of the molecule is CCOC(=O)N1CCc2c([nH]c3ccc(Cl)cc23)C1c1ccc(OCCC(O)CNCCO)cc1.N. The molecule has 36 heavy (non-hydrogen) atoms. The van der Waals surface area contributed by atoms with Gasteiger partial charge in [0.2, 0.25) is 0 Å². The standard InChI is InChI=1S/C26H32ClN3O5.H3N/c1-2-34-26(33)30-12-9-21-22-15-18(27)5-8-23(22)29-24(21)25(30)17-3-6-20(7-4-17)35-14-10-19(32)16-28-11-13-31;/h3-8,15,19,25,28-29,31-32H,2,9-14,16H2,1H3;1H3. The minimum atomic E-state index is -0.546. The zero-order chi connectivity index (χ0) is 24.8. The number of aromatic amines is 1. The van der Waals surface area contributed by atoms with Crippen LogP contribution in [0.25, 0.3) is 10.9 Å². The predicted octanol–water partition coefficient (Wildman–Crippen LogP) is 3.80. The van der Waals surface area contributed by atoms with Crippen LogP contribution in [0.5, 0.6) is 5.75 Å². The second kappa shape index (κ2) is 12.9. The lowest BCUT2D eigenvalue weighted by Gasteiger charge is -2.35. The van der Waals surface area contributed by atoms with Gasteiger partial charge in [-0.2, -0.15) is 0 Å². The molecule has 7 N–H and O–H groups in total. The molecule has 196 valence electrons. The topological polar surface area (TPSA) is 142 Å². The summed E-state index contributed by atoms with van der Waals surface area (Å²) in [4.78, 5) is 18.1. The van der Waals surface area contributed by atoms with Crippen LogP contribution >= 0.6 is 11.6 Å². The maximum absolute atomic E-state index is 12.8. The summed E-state index contributed by atoms with van der Waals surface area (Å²) in [6, 6.07) is 13.1. The molecule has 2 unspecified atom stereocenters. The van der Waals surface area contributed by atoms with Crippen molar-refractivity contribution in [3.05, 3.63) is 64.3 Å². The fourth-order valence-electron chi connectivity index (χ4n) is 4.52. The van der Waals surface area contributed by atoms with Crippen LogP contribution in [0.15, 0.2) is 42.5 Å². The summed E-state index contributed by atoms with van der Waals surface area (Å²) in [5.41, 5.74) is 4.06. The minimum absolute atomic E-state index is 0. The Bertz CT molecular complexity index is 1140. The molecular formula is C26H35ClN4O5. The fraction of sp³-hybridized carbons (Fsp3) is 0.423. The lowest BCUT2D eigenvalue weighted by atomic mass is 9.92. The van der Waals surface area contributed by atoms with Crippen LogP contribution in [0.1, 0.15) is 36.2 Å². The van der Waals surface area contributed by atoms with E-state index in [1.54, 1.807) is 11.8 Å². The average molecular weight is 519 g/mol.